The lowest BCUT2D eigenvalue weighted by molar-refractivity contribution is 0.192. The van der Waals surface area contributed by atoms with Crippen LogP contribution < -0.4 is 5.56 Å². The smallest absolute Gasteiger partial charge is 0.258 e. The Bertz CT molecular complexity index is 1410. The number of aromatic amines is 1. The Labute approximate surface area is 213 Å². The van der Waals surface area contributed by atoms with E-state index in [2.05, 4.69) is 65.7 Å². The Hall–Kier alpha value is -3.25. The summed E-state index contributed by atoms with van der Waals surface area (Å²) in [5, 5.41) is 1.29. The second-order valence-electron chi connectivity index (χ2n) is 11.0. The van der Waals surface area contributed by atoms with E-state index in [1.54, 1.807) is 24.0 Å². The lowest BCUT2D eigenvalue weighted by Crippen LogP contribution is -2.35. The van der Waals surface area contributed by atoms with Crippen LogP contribution in [0.15, 0.2) is 54.0 Å². The minimum absolute atomic E-state index is 0.0538. The maximum absolute atomic E-state index is 12.9. The zero-order chi connectivity index (χ0) is 25.4. The first-order chi connectivity index (χ1) is 17.3. The molecular formula is C30H37N5O. The number of aryl methyl sites for hydroxylation is 1. The number of likely N-dealkylation sites (tertiary alicyclic amines) is 1. The summed E-state index contributed by atoms with van der Waals surface area (Å²) in [6.45, 7) is 12.7. The summed E-state index contributed by atoms with van der Waals surface area (Å²) in [6.07, 6.45) is 9.24. The molecule has 0 atom stereocenters. The molecule has 1 aromatic carbocycles. The molecule has 1 aliphatic rings. The van der Waals surface area contributed by atoms with E-state index in [4.69, 9.17) is 0 Å². The number of fused-ring (bicyclic) bond motifs is 1. The van der Waals surface area contributed by atoms with Crippen LogP contribution >= 0.6 is 0 Å². The number of hydrogen-bond acceptors (Lipinski definition) is 4. The molecule has 1 fully saturated rings. The molecule has 0 saturated carbocycles. The number of nitrogens with one attached hydrogen (secondary N) is 1. The van der Waals surface area contributed by atoms with Gasteiger partial charge in [0, 0.05) is 54.2 Å². The van der Waals surface area contributed by atoms with Gasteiger partial charge < -0.3 is 14.5 Å². The molecule has 3 aromatic heterocycles. The summed E-state index contributed by atoms with van der Waals surface area (Å²) in [4.78, 5) is 27.5. The topological polar surface area (TPSA) is 66.8 Å². The first-order valence-electron chi connectivity index (χ1n) is 13.2. The second-order valence-corrected chi connectivity index (χ2v) is 11.0. The van der Waals surface area contributed by atoms with Crippen molar-refractivity contribution >= 4 is 10.9 Å². The third-order valence-electron chi connectivity index (χ3n) is 7.47. The van der Waals surface area contributed by atoms with Gasteiger partial charge in [0.2, 0.25) is 0 Å². The molecular weight excluding hydrogens is 446 g/mol. The number of H-pyrrole nitrogens is 1. The van der Waals surface area contributed by atoms with Crippen LogP contribution in [0.25, 0.3) is 33.3 Å². The van der Waals surface area contributed by atoms with Gasteiger partial charge in [0.1, 0.15) is 6.33 Å². The molecule has 5 rings (SSSR count). The number of rotatable bonds is 6. The summed E-state index contributed by atoms with van der Waals surface area (Å²) >= 11 is 0. The van der Waals surface area contributed by atoms with Gasteiger partial charge in [-0.2, -0.15) is 0 Å². The zero-order valence-corrected chi connectivity index (χ0v) is 22.1. The van der Waals surface area contributed by atoms with E-state index in [1.807, 2.05) is 12.3 Å². The predicted octanol–water partition coefficient (Wildman–Crippen LogP) is 5.95. The largest absolute Gasteiger partial charge is 0.354 e. The minimum atomic E-state index is -0.0538. The average molecular weight is 484 g/mol. The molecule has 4 aromatic rings. The quantitative estimate of drug-likeness (QED) is 0.368. The van der Waals surface area contributed by atoms with Crippen molar-refractivity contribution in [1.82, 2.24) is 24.4 Å². The van der Waals surface area contributed by atoms with E-state index in [1.165, 1.54) is 55.3 Å². The molecule has 1 N–H and O–H groups in total. The van der Waals surface area contributed by atoms with Crippen LogP contribution in [-0.2, 0) is 7.05 Å². The highest BCUT2D eigenvalue weighted by Crippen LogP contribution is 2.38. The molecule has 0 aliphatic carbocycles. The Balaban J connectivity index is 1.54. The van der Waals surface area contributed by atoms with Gasteiger partial charge in [-0.05, 0) is 73.0 Å². The van der Waals surface area contributed by atoms with Crippen LogP contribution in [0, 0.1) is 5.92 Å². The third-order valence-corrected chi connectivity index (χ3v) is 7.47. The Morgan fingerprint density at radius 2 is 1.75 bits per heavy atom. The molecule has 0 amide bonds. The molecule has 0 bridgehead atoms. The van der Waals surface area contributed by atoms with E-state index in [-0.39, 0.29) is 5.56 Å². The Kier molecular flexibility index (Phi) is 6.80. The highest BCUT2D eigenvalue weighted by molar-refractivity contribution is 5.92. The van der Waals surface area contributed by atoms with Gasteiger partial charge in [0.05, 0.1) is 11.3 Å². The average Bonchev–Trinajstić information content (AvgIpc) is 3.25. The number of nitrogens with zero attached hydrogens (tertiary/aromatic N) is 4. The molecule has 1 saturated heterocycles. The van der Waals surface area contributed by atoms with Gasteiger partial charge >= 0.3 is 0 Å². The predicted molar refractivity (Wildman–Crippen MR) is 147 cm³/mol. The van der Waals surface area contributed by atoms with E-state index >= 15 is 0 Å². The minimum Gasteiger partial charge on any atom is -0.354 e. The van der Waals surface area contributed by atoms with Crippen molar-refractivity contribution in [2.75, 3.05) is 19.6 Å². The molecule has 0 unspecified atom stereocenters. The molecule has 6 nitrogen and oxygen atoms in total. The normalized spacial score (nSPS) is 15.4. The Morgan fingerprint density at radius 1 is 1.03 bits per heavy atom. The first-order valence-corrected chi connectivity index (χ1v) is 13.2. The number of piperidine rings is 1. The van der Waals surface area contributed by atoms with Crippen LogP contribution in [0.3, 0.4) is 0 Å². The lowest BCUT2D eigenvalue weighted by Gasteiger charge is -2.33. The highest BCUT2D eigenvalue weighted by atomic mass is 16.1. The molecule has 188 valence electrons. The fourth-order valence-electron chi connectivity index (χ4n) is 5.77. The molecule has 4 heterocycles. The van der Waals surface area contributed by atoms with E-state index < -0.39 is 0 Å². The van der Waals surface area contributed by atoms with Gasteiger partial charge in [-0.15, -0.1) is 0 Å². The van der Waals surface area contributed by atoms with Crippen LogP contribution in [0.4, 0.5) is 0 Å². The maximum atomic E-state index is 12.9. The monoisotopic (exact) mass is 483 g/mol. The van der Waals surface area contributed by atoms with Crippen molar-refractivity contribution in [2.24, 2.45) is 13.0 Å². The first kappa shape index (κ1) is 24.4. The summed E-state index contributed by atoms with van der Waals surface area (Å²) in [6, 6.07) is 8.95. The summed E-state index contributed by atoms with van der Waals surface area (Å²) in [5.41, 5.74) is 7.26. The van der Waals surface area contributed by atoms with Crippen molar-refractivity contribution in [3.05, 3.63) is 70.7 Å². The summed E-state index contributed by atoms with van der Waals surface area (Å²) in [7, 11) is 1.81. The van der Waals surface area contributed by atoms with Gasteiger partial charge in [0.15, 0.2) is 0 Å². The lowest BCUT2D eigenvalue weighted by atomic mass is 9.87. The SMILES string of the molecule is CC(C)CN1CCC(c2ccc3[nH]c(-c4cc(-c5cncnc5)c(=O)n(C)c4)c(C(C)C)c3c2)CC1. The van der Waals surface area contributed by atoms with E-state index in [0.717, 1.165) is 28.3 Å². The second kappa shape index (κ2) is 10.0. The zero-order valence-electron chi connectivity index (χ0n) is 22.1. The van der Waals surface area contributed by atoms with Gasteiger partial charge in [-0.1, -0.05) is 33.8 Å². The van der Waals surface area contributed by atoms with Crippen LogP contribution in [0.2, 0.25) is 0 Å². The fourth-order valence-corrected chi connectivity index (χ4v) is 5.77. The van der Waals surface area contributed by atoms with Gasteiger partial charge in [-0.25, -0.2) is 9.97 Å². The number of benzene rings is 1. The molecule has 0 spiro atoms. The summed E-state index contributed by atoms with van der Waals surface area (Å²) < 4.78 is 1.66. The van der Waals surface area contributed by atoms with Crippen molar-refractivity contribution in [2.45, 2.75) is 52.4 Å². The number of aromatic nitrogens is 4. The fraction of sp³-hybridized carbons (Fsp3) is 0.433. The van der Waals surface area contributed by atoms with E-state index in [9.17, 15) is 4.79 Å². The number of pyridine rings is 1. The summed E-state index contributed by atoms with van der Waals surface area (Å²) in [5.74, 6) is 1.66. The van der Waals surface area contributed by atoms with Crippen LogP contribution in [-0.4, -0.2) is 44.1 Å². The van der Waals surface area contributed by atoms with Crippen LogP contribution in [0.1, 0.15) is 63.5 Å². The Morgan fingerprint density at radius 3 is 2.42 bits per heavy atom. The van der Waals surface area contributed by atoms with Gasteiger partial charge in [0.25, 0.3) is 5.56 Å². The standard InChI is InChI=1S/C30H37N5O/c1-19(2)16-35-10-8-21(9-11-35)22-6-7-27-26(12-22)28(20(3)4)29(33-27)23-13-25(30(36)34(5)17-23)24-14-31-18-32-15-24/h6-7,12-15,17-21,33H,8-11,16H2,1-5H3. The molecule has 1 aliphatic heterocycles. The van der Waals surface area contributed by atoms with Gasteiger partial charge in [-0.3, -0.25) is 4.79 Å². The maximum Gasteiger partial charge on any atom is 0.258 e. The van der Waals surface area contributed by atoms with Crippen molar-refractivity contribution < 1.29 is 0 Å². The molecule has 6 heteroatoms. The van der Waals surface area contributed by atoms with Crippen molar-refractivity contribution in [3.63, 3.8) is 0 Å². The number of hydrogen-bond donors (Lipinski definition) is 1. The third kappa shape index (κ3) is 4.74. The van der Waals surface area contributed by atoms with E-state index in [0.29, 0.717) is 17.4 Å². The molecule has 0 radical (unpaired) electrons. The van der Waals surface area contributed by atoms with Crippen molar-refractivity contribution in [3.8, 4) is 22.4 Å². The highest BCUT2D eigenvalue weighted by Gasteiger charge is 2.23. The molecule has 36 heavy (non-hydrogen) atoms. The van der Waals surface area contributed by atoms with Crippen molar-refractivity contribution in [1.29, 1.82) is 0 Å². The van der Waals surface area contributed by atoms with Crippen LogP contribution in [0.5, 0.6) is 0 Å².